The molecule has 0 aliphatic heterocycles. The molecule has 0 fully saturated rings. The van der Waals surface area contributed by atoms with Crippen molar-refractivity contribution in [2.75, 3.05) is 5.32 Å². The van der Waals surface area contributed by atoms with Crippen molar-refractivity contribution in [1.82, 2.24) is 0 Å². The van der Waals surface area contributed by atoms with Crippen LogP contribution in [-0.2, 0) is 6.61 Å². The average molecular weight is 397 g/mol. The van der Waals surface area contributed by atoms with E-state index < -0.39 is 0 Å². The molecule has 3 rings (SSSR count). The van der Waals surface area contributed by atoms with E-state index in [2.05, 4.69) is 5.32 Å². The van der Waals surface area contributed by atoms with E-state index in [1.165, 1.54) is 12.1 Å². The molecule has 1 heterocycles. The van der Waals surface area contributed by atoms with Crippen molar-refractivity contribution in [2.45, 2.75) is 6.61 Å². The molecular weight excluding hydrogens is 385 g/mol. The van der Waals surface area contributed by atoms with Gasteiger partial charge in [-0.25, -0.2) is 0 Å². The lowest BCUT2D eigenvalue weighted by Crippen LogP contribution is -2.10. The van der Waals surface area contributed by atoms with E-state index >= 15 is 0 Å². The highest BCUT2D eigenvalue weighted by Gasteiger charge is 2.14. The lowest BCUT2D eigenvalue weighted by Gasteiger charge is -2.09. The highest BCUT2D eigenvalue weighted by Crippen LogP contribution is 2.36. The Kier molecular flexibility index (Phi) is 5.53. The maximum atomic E-state index is 12.1. The number of anilines is 1. The Hall–Kier alpha value is -2.14. The van der Waals surface area contributed by atoms with Crippen LogP contribution in [-0.4, -0.2) is 5.91 Å². The van der Waals surface area contributed by atoms with Gasteiger partial charge in [0.05, 0.1) is 10.0 Å². The summed E-state index contributed by atoms with van der Waals surface area (Å²) < 4.78 is 11.1. The van der Waals surface area contributed by atoms with Gasteiger partial charge in [0.1, 0.15) is 12.4 Å². The van der Waals surface area contributed by atoms with Crippen LogP contribution in [0.3, 0.4) is 0 Å². The molecule has 1 aromatic heterocycles. The third kappa shape index (κ3) is 4.48. The summed E-state index contributed by atoms with van der Waals surface area (Å²) in [5.41, 5.74) is 0.682. The predicted octanol–water partition coefficient (Wildman–Crippen LogP) is 6.07. The van der Waals surface area contributed by atoms with Crippen LogP contribution in [0.4, 0.5) is 5.69 Å². The van der Waals surface area contributed by atoms with E-state index in [4.69, 9.17) is 44.0 Å². The number of furan rings is 1. The molecule has 25 heavy (non-hydrogen) atoms. The first-order valence-electron chi connectivity index (χ1n) is 7.25. The third-order valence-corrected chi connectivity index (χ3v) is 4.02. The largest absolute Gasteiger partial charge is 0.483 e. The Labute approximate surface area is 159 Å². The summed E-state index contributed by atoms with van der Waals surface area (Å²) in [6.07, 6.45) is 0. The number of halogens is 3. The molecule has 0 spiro atoms. The summed E-state index contributed by atoms with van der Waals surface area (Å²) >= 11 is 18.0. The number of rotatable bonds is 5. The molecule has 0 aliphatic carbocycles. The van der Waals surface area contributed by atoms with Crippen LogP contribution in [0.15, 0.2) is 59.0 Å². The van der Waals surface area contributed by atoms with Gasteiger partial charge in [-0.3, -0.25) is 4.79 Å². The number of carbonyl (C=O) groups excluding carboxylic acids is 1. The van der Waals surface area contributed by atoms with Crippen molar-refractivity contribution >= 4 is 46.4 Å². The van der Waals surface area contributed by atoms with Crippen molar-refractivity contribution in [3.05, 3.63) is 81.2 Å². The summed E-state index contributed by atoms with van der Waals surface area (Å²) in [5.74, 6) is 0.593. The molecule has 0 saturated carbocycles. The molecule has 0 unspecified atom stereocenters. The zero-order chi connectivity index (χ0) is 17.8. The molecule has 0 atom stereocenters. The fourth-order valence-electron chi connectivity index (χ4n) is 2.10. The van der Waals surface area contributed by atoms with Gasteiger partial charge < -0.3 is 14.5 Å². The number of hydrogen-bond donors (Lipinski definition) is 1. The molecule has 4 nitrogen and oxygen atoms in total. The van der Waals surface area contributed by atoms with Crippen molar-refractivity contribution < 1.29 is 13.9 Å². The fourth-order valence-corrected chi connectivity index (χ4v) is 3.03. The molecule has 1 amide bonds. The monoisotopic (exact) mass is 395 g/mol. The second-order valence-corrected chi connectivity index (χ2v) is 6.32. The Bertz CT molecular complexity index is 871. The molecule has 0 radical (unpaired) electrons. The third-order valence-electron chi connectivity index (χ3n) is 3.24. The smallest absolute Gasteiger partial charge is 0.291 e. The van der Waals surface area contributed by atoms with E-state index in [9.17, 15) is 4.79 Å². The van der Waals surface area contributed by atoms with E-state index in [-0.39, 0.29) is 18.3 Å². The van der Waals surface area contributed by atoms with Crippen molar-refractivity contribution in [3.8, 4) is 5.75 Å². The number of hydrogen-bond acceptors (Lipinski definition) is 3. The maximum absolute atomic E-state index is 12.1. The predicted molar refractivity (Wildman–Crippen MR) is 98.9 cm³/mol. The molecule has 2 aromatic carbocycles. The lowest BCUT2D eigenvalue weighted by molar-refractivity contribution is 0.0992. The van der Waals surface area contributed by atoms with Gasteiger partial charge in [-0.05, 0) is 36.4 Å². The van der Waals surface area contributed by atoms with Gasteiger partial charge in [0, 0.05) is 10.7 Å². The first-order chi connectivity index (χ1) is 12.0. The Morgan fingerprint density at radius 3 is 2.36 bits per heavy atom. The van der Waals surface area contributed by atoms with Gasteiger partial charge in [-0.15, -0.1) is 0 Å². The summed E-state index contributed by atoms with van der Waals surface area (Å²) in [6.45, 7) is 0.0691. The first kappa shape index (κ1) is 17.7. The highest BCUT2D eigenvalue weighted by atomic mass is 35.5. The first-order valence-corrected chi connectivity index (χ1v) is 8.39. The standard InChI is InChI=1S/C18H12Cl3NO3/c19-11-8-14(20)17(15(21)9-11)24-10-13-6-7-16(25-13)18(23)22-12-4-2-1-3-5-12/h1-9H,10H2,(H,22,23). The zero-order valence-corrected chi connectivity index (χ0v) is 15.0. The molecule has 1 N–H and O–H groups in total. The van der Waals surface area contributed by atoms with E-state index in [0.717, 1.165) is 0 Å². The Morgan fingerprint density at radius 2 is 1.68 bits per heavy atom. The minimum Gasteiger partial charge on any atom is -0.483 e. The average Bonchev–Trinajstić information content (AvgIpc) is 3.04. The van der Waals surface area contributed by atoms with Crippen LogP contribution in [0.5, 0.6) is 5.75 Å². The normalized spacial score (nSPS) is 10.5. The minimum atomic E-state index is -0.347. The second-order valence-electron chi connectivity index (χ2n) is 5.07. The number of amides is 1. The molecular formula is C18H12Cl3NO3. The van der Waals surface area contributed by atoms with Crippen LogP contribution in [0.2, 0.25) is 15.1 Å². The van der Waals surface area contributed by atoms with Gasteiger partial charge >= 0.3 is 0 Å². The summed E-state index contributed by atoms with van der Waals surface area (Å²) in [4.78, 5) is 12.1. The second kappa shape index (κ2) is 7.83. The van der Waals surface area contributed by atoms with Crippen LogP contribution < -0.4 is 10.1 Å². The molecule has 0 bridgehead atoms. The summed E-state index contributed by atoms with van der Waals surface area (Å²) in [5, 5.41) is 3.75. The van der Waals surface area contributed by atoms with Crippen LogP contribution >= 0.6 is 34.8 Å². The number of ether oxygens (including phenoxy) is 1. The van der Waals surface area contributed by atoms with Crippen molar-refractivity contribution in [2.24, 2.45) is 0 Å². The van der Waals surface area contributed by atoms with Crippen molar-refractivity contribution in [1.29, 1.82) is 0 Å². The number of benzene rings is 2. The zero-order valence-electron chi connectivity index (χ0n) is 12.8. The SMILES string of the molecule is O=C(Nc1ccccc1)c1ccc(COc2c(Cl)cc(Cl)cc2Cl)o1. The quantitative estimate of drug-likeness (QED) is 0.569. The summed E-state index contributed by atoms with van der Waals surface area (Å²) in [6, 6.07) is 15.4. The van der Waals surface area contributed by atoms with Gasteiger partial charge in [-0.2, -0.15) is 0 Å². The summed E-state index contributed by atoms with van der Waals surface area (Å²) in [7, 11) is 0. The van der Waals surface area contributed by atoms with E-state index in [1.807, 2.05) is 18.2 Å². The van der Waals surface area contributed by atoms with Gasteiger partial charge in [0.2, 0.25) is 0 Å². The minimum absolute atomic E-state index is 0.0691. The fraction of sp³-hybridized carbons (Fsp3) is 0.0556. The number of carbonyl (C=O) groups is 1. The van der Waals surface area contributed by atoms with Crippen LogP contribution in [0, 0.1) is 0 Å². The number of para-hydroxylation sites is 1. The van der Waals surface area contributed by atoms with E-state index in [1.54, 1.807) is 24.3 Å². The van der Waals surface area contributed by atoms with Crippen LogP contribution in [0.25, 0.3) is 0 Å². The van der Waals surface area contributed by atoms with Crippen molar-refractivity contribution in [3.63, 3.8) is 0 Å². The topological polar surface area (TPSA) is 51.5 Å². The molecule has 7 heteroatoms. The van der Waals surface area contributed by atoms with E-state index in [0.29, 0.717) is 32.3 Å². The van der Waals surface area contributed by atoms with Gasteiger partial charge in [0.15, 0.2) is 11.5 Å². The molecule has 0 saturated heterocycles. The Balaban J connectivity index is 1.65. The van der Waals surface area contributed by atoms with Gasteiger partial charge in [0.25, 0.3) is 5.91 Å². The lowest BCUT2D eigenvalue weighted by atomic mass is 10.3. The number of nitrogens with one attached hydrogen (secondary N) is 1. The molecule has 128 valence electrons. The highest BCUT2D eigenvalue weighted by molar-refractivity contribution is 6.40. The Morgan fingerprint density at radius 1 is 1.00 bits per heavy atom. The molecule has 0 aliphatic rings. The molecule has 3 aromatic rings. The van der Waals surface area contributed by atoms with Gasteiger partial charge in [-0.1, -0.05) is 53.0 Å². The van der Waals surface area contributed by atoms with Crippen LogP contribution in [0.1, 0.15) is 16.3 Å². The maximum Gasteiger partial charge on any atom is 0.291 e.